The molecule has 0 radical (unpaired) electrons. The minimum absolute atomic E-state index is 0.256. The quantitative estimate of drug-likeness (QED) is 0.555. The van der Waals surface area contributed by atoms with Gasteiger partial charge in [0, 0.05) is 13.7 Å². The summed E-state index contributed by atoms with van der Waals surface area (Å²) in [6.07, 6.45) is 0. The molecular formula is C18H22N4O5. The number of rotatable bonds is 7. The number of nitrogens with zero attached hydrogens (tertiary/aromatic N) is 2. The molecule has 0 bridgehead atoms. The summed E-state index contributed by atoms with van der Waals surface area (Å²) in [5.74, 6) is -1.41. The van der Waals surface area contributed by atoms with Crippen molar-refractivity contribution in [1.29, 1.82) is 0 Å². The summed E-state index contributed by atoms with van der Waals surface area (Å²) in [5, 5.41) is 8.85. The molecular weight excluding hydrogens is 352 g/mol. The molecule has 0 fully saturated rings. The van der Waals surface area contributed by atoms with Crippen molar-refractivity contribution < 1.29 is 23.9 Å². The molecule has 9 nitrogen and oxygen atoms in total. The number of nitrogens with one attached hydrogen (secondary N) is 2. The predicted molar refractivity (Wildman–Crippen MR) is 96.7 cm³/mol. The van der Waals surface area contributed by atoms with Crippen molar-refractivity contribution >= 4 is 17.9 Å². The van der Waals surface area contributed by atoms with Crippen LogP contribution in [0.25, 0.3) is 5.69 Å². The van der Waals surface area contributed by atoms with E-state index in [1.54, 1.807) is 18.5 Å². The summed E-state index contributed by atoms with van der Waals surface area (Å²) in [4.78, 5) is 35.5. The van der Waals surface area contributed by atoms with Crippen LogP contribution in [0, 0.1) is 13.8 Å². The molecule has 1 aromatic heterocycles. The number of carbonyl (C=O) groups is 3. The largest absolute Gasteiger partial charge is 0.452 e. The molecule has 144 valence electrons. The van der Waals surface area contributed by atoms with Crippen LogP contribution in [-0.2, 0) is 14.3 Å². The molecule has 0 unspecified atom stereocenters. The first-order valence-corrected chi connectivity index (χ1v) is 8.29. The average molecular weight is 374 g/mol. The van der Waals surface area contributed by atoms with Crippen LogP contribution in [0.1, 0.15) is 21.7 Å². The van der Waals surface area contributed by atoms with Gasteiger partial charge in [-0.05, 0) is 26.0 Å². The smallest absolute Gasteiger partial charge is 0.342 e. The maximum atomic E-state index is 12.4. The number of hydrogen-bond acceptors (Lipinski definition) is 6. The Hall–Kier alpha value is -3.20. The van der Waals surface area contributed by atoms with Crippen molar-refractivity contribution in [2.24, 2.45) is 0 Å². The van der Waals surface area contributed by atoms with Crippen LogP contribution in [0.3, 0.4) is 0 Å². The van der Waals surface area contributed by atoms with Crippen molar-refractivity contribution in [3.63, 3.8) is 0 Å². The zero-order valence-electron chi connectivity index (χ0n) is 15.4. The lowest BCUT2D eigenvalue weighted by Crippen LogP contribution is -2.42. The number of aromatic nitrogens is 2. The topological polar surface area (TPSA) is 112 Å². The SMILES string of the molecule is COCCNC(=O)NC(=O)COC(=O)c1c(C)nn(-c2ccccc2)c1C. The summed E-state index contributed by atoms with van der Waals surface area (Å²) in [6, 6.07) is 8.66. The van der Waals surface area contributed by atoms with Gasteiger partial charge in [0.15, 0.2) is 6.61 Å². The van der Waals surface area contributed by atoms with E-state index in [-0.39, 0.29) is 12.1 Å². The monoisotopic (exact) mass is 374 g/mol. The second kappa shape index (κ2) is 9.48. The van der Waals surface area contributed by atoms with Crippen LogP contribution >= 0.6 is 0 Å². The molecule has 1 heterocycles. The molecule has 0 aliphatic carbocycles. The molecule has 2 aromatic rings. The lowest BCUT2D eigenvalue weighted by molar-refractivity contribution is -0.123. The van der Waals surface area contributed by atoms with Crippen LogP contribution in [0.15, 0.2) is 30.3 Å². The van der Waals surface area contributed by atoms with Crippen molar-refractivity contribution in [2.45, 2.75) is 13.8 Å². The van der Waals surface area contributed by atoms with Gasteiger partial charge in [-0.25, -0.2) is 14.3 Å². The number of methoxy groups -OCH3 is 1. The number of amides is 3. The lowest BCUT2D eigenvalue weighted by Gasteiger charge is -2.08. The van der Waals surface area contributed by atoms with Gasteiger partial charge in [0.25, 0.3) is 5.91 Å². The Balaban J connectivity index is 1.96. The third-order valence-corrected chi connectivity index (χ3v) is 3.68. The standard InChI is InChI=1S/C18H22N4O5/c1-12-16(13(2)22(21-12)14-7-5-4-6-8-14)17(24)27-11-15(23)20-18(25)19-9-10-26-3/h4-8H,9-11H2,1-3H3,(H2,19,20,23,25). The van der Waals surface area contributed by atoms with E-state index in [1.165, 1.54) is 7.11 Å². The second-order valence-electron chi connectivity index (χ2n) is 5.67. The highest BCUT2D eigenvalue weighted by Gasteiger charge is 2.21. The Morgan fingerprint density at radius 1 is 1.15 bits per heavy atom. The summed E-state index contributed by atoms with van der Waals surface area (Å²) in [5.41, 5.74) is 2.18. The van der Waals surface area contributed by atoms with Crippen LogP contribution in [0.5, 0.6) is 0 Å². The Morgan fingerprint density at radius 2 is 1.85 bits per heavy atom. The van der Waals surface area contributed by atoms with Crippen molar-refractivity contribution in [3.05, 3.63) is 47.3 Å². The fourth-order valence-corrected chi connectivity index (χ4v) is 2.44. The second-order valence-corrected chi connectivity index (χ2v) is 5.67. The van der Waals surface area contributed by atoms with Gasteiger partial charge in [-0.2, -0.15) is 5.10 Å². The van der Waals surface area contributed by atoms with E-state index in [1.807, 2.05) is 30.3 Å². The zero-order valence-corrected chi connectivity index (χ0v) is 15.4. The molecule has 3 amide bonds. The van der Waals surface area contributed by atoms with Gasteiger partial charge in [0.1, 0.15) is 5.56 Å². The molecule has 0 aliphatic heterocycles. The van der Waals surface area contributed by atoms with Crippen LogP contribution < -0.4 is 10.6 Å². The first-order chi connectivity index (χ1) is 12.9. The number of ether oxygens (including phenoxy) is 2. The normalized spacial score (nSPS) is 10.3. The van der Waals surface area contributed by atoms with E-state index in [0.717, 1.165) is 5.69 Å². The number of aryl methyl sites for hydroxylation is 1. The maximum absolute atomic E-state index is 12.4. The number of esters is 1. The Morgan fingerprint density at radius 3 is 2.52 bits per heavy atom. The summed E-state index contributed by atoms with van der Waals surface area (Å²) in [6.45, 7) is 3.43. The third-order valence-electron chi connectivity index (χ3n) is 3.68. The Labute approximate surface area is 156 Å². The van der Waals surface area contributed by atoms with E-state index in [0.29, 0.717) is 18.0 Å². The number of hydrogen-bond donors (Lipinski definition) is 2. The van der Waals surface area contributed by atoms with Gasteiger partial charge in [-0.1, -0.05) is 18.2 Å². The van der Waals surface area contributed by atoms with Crippen LogP contribution in [-0.4, -0.2) is 54.6 Å². The molecule has 0 aliphatic rings. The zero-order chi connectivity index (χ0) is 19.8. The molecule has 1 aromatic carbocycles. The average Bonchev–Trinajstić information content (AvgIpc) is 2.95. The number of benzene rings is 1. The molecule has 0 spiro atoms. The summed E-state index contributed by atoms with van der Waals surface area (Å²) in [7, 11) is 1.49. The van der Waals surface area contributed by atoms with E-state index < -0.39 is 24.5 Å². The number of carbonyl (C=O) groups excluding carboxylic acids is 3. The van der Waals surface area contributed by atoms with Gasteiger partial charge in [0.05, 0.1) is 23.7 Å². The third kappa shape index (κ3) is 5.38. The molecule has 27 heavy (non-hydrogen) atoms. The summed E-state index contributed by atoms with van der Waals surface area (Å²) < 4.78 is 11.4. The highest BCUT2D eigenvalue weighted by Crippen LogP contribution is 2.18. The van der Waals surface area contributed by atoms with E-state index in [4.69, 9.17) is 9.47 Å². The van der Waals surface area contributed by atoms with E-state index in [2.05, 4.69) is 15.7 Å². The number of imide groups is 1. The Kier molecular flexibility index (Phi) is 7.07. The molecule has 2 rings (SSSR count). The predicted octanol–water partition coefficient (Wildman–Crippen LogP) is 1.12. The molecule has 2 N–H and O–H groups in total. The van der Waals surface area contributed by atoms with Crippen molar-refractivity contribution in [2.75, 3.05) is 26.9 Å². The van der Waals surface area contributed by atoms with Gasteiger partial charge < -0.3 is 14.8 Å². The molecule has 0 atom stereocenters. The minimum Gasteiger partial charge on any atom is -0.452 e. The Bertz CT molecular complexity index is 817. The van der Waals surface area contributed by atoms with Crippen molar-refractivity contribution in [1.82, 2.24) is 20.4 Å². The minimum atomic E-state index is -0.732. The van der Waals surface area contributed by atoms with Crippen LogP contribution in [0.4, 0.5) is 4.79 Å². The molecule has 0 saturated heterocycles. The fraction of sp³-hybridized carbons (Fsp3) is 0.333. The maximum Gasteiger partial charge on any atom is 0.342 e. The van der Waals surface area contributed by atoms with Crippen molar-refractivity contribution in [3.8, 4) is 5.69 Å². The van der Waals surface area contributed by atoms with Gasteiger partial charge in [-0.15, -0.1) is 0 Å². The van der Waals surface area contributed by atoms with Gasteiger partial charge >= 0.3 is 12.0 Å². The molecule has 9 heteroatoms. The summed E-state index contributed by atoms with van der Waals surface area (Å²) >= 11 is 0. The first kappa shape index (κ1) is 20.1. The number of para-hydroxylation sites is 1. The van der Waals surface area contributed by atoms with E-state index in [9.17, 15) is 14.4 Å². The number of urea groups is 1. The highest BCUT2D eigenvalue weighted by atomic mass is 16.5. The van der Waals surface area contributed by atoms with Gasteiger partial charge in [-0.3, -0.25) is 10.1 Å². The first-order valence-electron chi connectivity index (χ1n) is 8.29. The van der Waals surface area contributed by atoms with Gasteiger partial charge in [0.2, 0.25) is 0 Å². The highest BCUT2D eigenvalue weighted by molar-refractivity contribution is 5.97. The lowest BCUT2D eigenvalue weighted by atomic mass is 10.2. The van der Waals surface area contributed by atoms with E-state index >= 15 is 0 Å². The fourth-order valence-electron chi connectivity index (χ4n) is 2.44. The van der Waals surface area contributed by atoms with Crippen LogP contribution in [0.2, 0.25) is 0 Å². The molecule has 0 saturated carbocycles.